The predicted molar refractivity (Wildman–Crippen MR) is 106 cm³/mol. The first-order chi connectivity index (χ1) is 14.1. The monoisotopic (exact) mass is 399 g/mol. The van der Waals surface area contributed by atoms with Crippen molar-refractivity contribution >= 4 is 11.9 Å². The van der Waals surface area contributed by atoms with Crippen molar-refractivity contribution in [2.45, 2.75) is 31.9 Å². The van der Waals surface area contributed by atoms with Gasteiger partial charge in [-0.1, -0.05) is 30.3 Å². The van der Waals surface area contributed by atoms with Crippen LogP contribution in [0.1, 0.15) is 41.8 Å². The number of nitrogens with one attached hydrogen (secondary N) is 1. The number of amides is 1. The smallest absolute Gasteiger partial charge is 0.341 e. The first-order valence-electron chi connectivity index (χ1n) is 9.65. The Bertz CT molecular complexity index is 838. The summed E-state index contributed by atoms with van der Waals surface area (Å²) in [5.41, 5.74) is 1.53. The number of ether oxygens (including phenoxy) is 3. The number of carboxylic acids is 1. The maximum absolute atomic E-state index is 12.7. The van der Waals surface area contributed by atoms with Crippen LogP contribution in [0, 0.1) is 0 Å². The summed E-state index contributed by atoms with van der Waals surface area (Å²) in [6.07, 6.45) is 1.40. The molecular weight excluding hydrogens is 374 g/mol. The van der Waals surface area contributed by atoms with E-state index in [1.165, 1.54) is 0 Å². The molecule has 2 unspecified atom stereocenters. The summed E-state index contributed by atoms with van der Waals surface area (Å²) in [6.45, 7) is 2.28. The quantitative estimate of drug-likeness (QED) is 0.708. The zero-order chi connectivity index (χ0) is 20.6. The van der Waals surface area contributed by atoms with Gasteiger partial charge in [0.1, 0.15) is 0 Å². The predicted octanol–water partition coefficient (Wildman–Crippen LogP) is 3.20. The molecule has 2 N–H and O–H groups in total. The van der Waals surface area contributed by atoms with Crippen molar-refractivity contribution < 1.29 is 28.9 Å². The van der Waals surface area contributed by atoms with Gasteiger partial charge in [0, 0.05) is 18.2 Å². The first kappa shape index (κ1) is 20.7. The topological polar surface area (TPSA) is 94.1 Å². The number of hydrogen-bond acceptors (Lipinski definition) is 5. The Morgan fingerprint density at radius 2 is 1.93 bits per heavy atom. The van der Waals surface area contributed by atoms with Gasteiger partial charge in [-0.25, -0.2) is 4.79 Å². The van der Waals surface area contributed by atoms with Gasteiger partial charge in [-0.05, 0) is 43.5 Å². The molecule has 1 aliphatic heterocycles. The van der Waals surface area contributed by atoms with E-state index in [2.05, 4.69) is 5.32 Å². The minimum Gasteiger partial charge on any atom is -0.490 e. The van der Waals surface area contributed by atoms with E-state index < -0.39 is 12.6 Å². The molecule has 154 valence electrons. The van der Waals surface area contributed by atoms with Gasteiger partial charge < -0.3 is 24.6 Å². The molecule has 2 aromatic rings. The third-order valence-corrected chi connectivity index (χ3v) is 4.65. The van der Waals surface area contributed by atoms with E-state index in [1.54, 1.807) is 25.1 Å². The highest BCUT2D eigenvalue weighted by atomic mass is 16.5. The molecule has 0 saturated carbocycles. The molecule has 2 atom stereocenters. The van der Waals surface area contributed by atoms with Gasteiger partial charge in [0.2, 0.25) is 0 Å². The van der Waals surface area contributed by atoms with Crippen molar-refractivity contribution in [3.63, 3.8) is 0 Å². The van der Waals surface area contributed by atoms with E-state index in [0.717, 1.165) is 12.0 Å². The average Bonchev–Trinajstić information content (AvgIpc) is 2.73. The number of carboxylic acid groups (broad SMARTS) is 1. The molecule has 1 heterocycles. The molecule has 0 bridgehead atoms. The second kappa shape index (κ2) is 9.93. The van der Waals surface area contributed by atoms with Crippen LogP contribution >= 0.6 is 0 Å². The molecule has 2 aromatic carbocycles. The van der Waals surface area contributed by atoms with Crippen LogP contribution in [0.4, 0.5) is 0 Å². The summed E-state index contributed by atoms with van der Waals surface area (Å²) in [4.78, 5) is 23.5. The Labute approximate surface area is 169 Å². The standard InChI is InChI=1S/C22H25NO6/c1-2-27-20-12-16(8-9-18(20)29-14-21(24)25)22(26)23-17-10-11-28-19(13-17)15-6-4-3-5-7-15/h3-9,12,17,19H,2,10-11,13-14H2,1H3,(H,23,26)(H,24,25). The molecule has 3 rings (SSSR count). The summed E-state index contributed by atoms with van der Waals surface area (Å²) in [5, 5.41) is 11.8. The summed E-state index contributed by atoms with van der Waals surface area (Å²) in [7, 11) is 0. The van der Waals surface area contributed by atoms with E-state index in [0.29, 0.717) is 36.7 Å². The third kappa shape index (κ3) is 5.71. The lowest BCUT2D eigenvalue weighted by Crippen LogP contribution is -2.39. The summed E-state index contributed by atoms with van der Waals surface area (Å²) in [5.74, 6) is -0.659. The van der Waals surface area contributed by atoms with Crippen molar-refractivity contribution in [2.75, 3.05) is 19.8 Å². The highest BCUT2D eigenvalue weighted by molar-refractivity contribution is 5.95. The molecule has 0 aliphatic carbocycles. The maximum atomic E-state index is 12.7. The SMILES string of the molecule is CCOc1cc(C(=O)NC2CCOC(c3ccccc3)C2)ccc1OCC(=O)O. The molecule has 0 aromatic heterocycles. The lowest BCUT2D eigenvalue weighted by Gasteiger charge is -2.30. The summed E-state index contributed by atoms with van der Waals surface area (Å²) >= 11 is 0. The summed E-state index contributed by atoms with van der Waals surface area (Å²) < 4.78 is 16.6. The van der Waals surface area contributed by atoms with Crippen LogP contribution < -0.4 is 14.8 Å². The Morgan fingerprint density at radius 1 is 1.14 bits per heavy atom. The molecule has 0 radical (unpaired) electrons. The van der Waals surface area contributed by atoms with Crippen LogP contribution in [-0.4, -0.2) is 42.8 Å². The molecule has 7 nitrogen and oxygen atoms in total. The van der Waals surface area contributed by atoms with Gasteiger partial charge in [0.15, 0.2) is 18.1 Å². The van der Waals surface area contributed by atoms with Gasteiger partial charge in [-0.3, -0.25) is 4.79 Å². The van der Waals surface area contributed by atoms with Crippen LogP contribution in [-0.2, 0) is 9.53 Å². The van der Waals surface area contributed by atoms with E-state index in [9.17, 15) is 9.59 Å². The minimum atomic E-state index is -1.08. The van der Waals surface area contributed by atoms with E-state index in [4.69, 9.17) is 19.3 Å². The first-order valence-corrected chi connectivity index (χ1v) is 9.65. The number of carbonyl (C=O) groups excluding carboxylic acids is 1. The second-order valence-corrected chi connectivity index (χ2v) is 6.74. The molecule has 1 saturated heterocycles. The second-order valence-electron chi connectivity index (χ2n) is 6.74. The summed E-state index contributed by atoms with van der Waals surface area (Å²) in [6, 6.07) is 14.7. The van der Waals surface area contributed by atoms with Crippen LogP contribution in [0.5, 0.6) is 11.5 Å². The van der Waals surface area contributed by atoms with E-state index >= 15 is 0 Å². The van der Waals surface area contributed by atoms with E-state index in [1.807, 2.05) is 30.3 Å². The molecule has 7 heteroatoms. The highest BCUT2D eigenvalue weighted by Crippen LogP contribution is 2.30. The van der Waals surface area contributed by atoms with E-state index in [-0.39, 0.29) is 18.1 Å². The normalized spacial score (nSPS) is 18.7. The average molecular weight is 399 g/mol. The Kier molecular flexibility index (Phi) is 7.08. The number of rotatable bonds is 8. The largest absolute Gasteiger partial charge is 0.490 e. The van der Waals surface area contributed by atoms with Crippen LogP contribution in [0.2, 0.25) is 0 Å². The fraction of sp³-hybridized carbons (Fsp3) is 0.364. The van der Waals surface area contributed by atoms with Crippen molar-refractivity contribution in [1.82, 2.24) is 5.32 Å². The highest BCUT2D eigenvalue weighted by Gasteiger charge is 2.25. The molecule has 0 spiro atoms. The zero-order valence-corrected chi connectivity index (χ0v) is 16.3. The molecular formula is C22H25NO6. The lowest BCUT2D eigenvalue weighted by atomic mass is 9.97. The molecule has 1 amide bonds. The maximum Gasteiger partial charge on any atom is 0.341 e. The molecule has 1 fully saturated rings. The van der Waals surface area contributed by atoms with Gasteiger partial charge in [0.25, 0.3) is 5.91 Å². The number of carbonyl (C=O) groups is 2. The Morgan fingerprint density at radius 3 is 2.66 bits per heavy atom. The van der Waals surface area contributed by atoms with Crippen LogP contribution in [0.15, 0.2) is 48.5 Å². The van der Waals surface area contributed by atoms with Crippen molar-refractivity contribution in [2.24, 2.45) is 0 Å². The van der Waals surface area contributed by atoms with Gasteiger partial charge in [-0.2, -0.15) is 0 Å². The fourth-order valence-corrected chi connectivity index (χ4v) is 3.27. The van der Waals surface area contributed by atoms with Gasteiger partial charge in [-0.15, -0.1) is 0 Å². The Hall–Kier alpha value is -3.06. The molecule has 29 heavy (non-hydrogen) atoms. The Balaban J connectivity index is 1.66. The number of benzene rings is 2. The third-order valence-electron chi connectivity index (χ3n) is 4.65. The van der Waals surface area contributed by atoms with Crippen LogP contribution in [0.25, 0.3) is 0 Å². The molecule has 1 aliphatic rings. The van der Waals surface area contributed by atoms with Crippen molar-refractivity contribution in [3.8, 4) is 11.5 Å². The van der Waals surface area contributed by atoms with Gasteiger partial charge in [0.05, 0.1) is 12.7 Å². The number of hydrogen-bond donors (Lipinski definition) is 2. The lowest BCUT2D eigenvalue weighted by molar-refractivity contribution is -0.139. The zero-order valence-electron chi connectivity index (χ0n) is 16.3. The van der Waals surface area contributed by atoms with Crippen LogP contribution in [0.3, 0.4) is 0 Å². The number of aliphatic carboxylic acids is 1. The fourth-order valence-electron chi connectivity index (χ4n) is 3.27. The van der Waals surface area contributed by atoms with Crippen molar-refractivity contribution in [3.05, 3.63) is 59.7 Å². The van der Waals surface area contributed by atoms with Crippen molar-refractivity contribution in [1.29, 1.82) is 0 Å². The van der Waals surface area contributed by atoms with Gasteiger partial charge >= 0.3 is 5.97 Å². The minimum absolute atomic E-state index is 0.0000587.